The first-order chi connectivity index (χ1) is 9.51. The van der Waals surface area contributed by atoms with Gasteiger partial charge in [-0.3, -0.25) is 4.90 Å². The Bertz CT molecular complexity index is 457. The third kappa shape index (κ3) is 4.38. The summed E-state index contributed by atoms with van der Waals surface area (Å²) in [5.41, 5.74) is 1.78. The summed E-state index contributed by atoms with van der Waals surface area (Å²) in [6, 6.07) is 0. The maximum Gasteiger partial charge on any atom is 0.414 e. The smallest absolute Gasteiger partial charge is 0.414 e. The molecule has 1 rings (SSSR count). The zero-order valence-electron chi connectivity index (χ0n) is 12.0. The summed E-state index contributed by atoms with van der Waals surface area (Å²) in [6.07, 6.45) is 4.87. The molecule has 1 atom stereocenters. The Kier molecular flexibility index (Phi) is 6.24. The molecule has 5 nitrogen and oxygen atoms in total. The molecule has 0 saturated carbocycles. The van der Waals surface area contributed by atoms with E-state index in [4.69, 9.17) is 21.7 Å². The van der Waals surface area contributed by atoms with Gasteiger partial charge in [0.15, 0.2) is 0 Å². The van der Waals surface area contributed by atoms with Gasteiger partial charge in [-0.25, -0.2) is 4.79 Å². The highest BCUT2D eigenvalue weighted by atomic mass is 32.1. The van der Waals surface area contributed by atoms with Gasteiger partial charge in [-0.1, -0.05) is 18.7 Å². The maximum absolute atomic E-state index is 11.9. The number of rotatable bonds is 5. The summed E-state index contributed by atoms with van der Waals surface area (Å²) in [7, 11) is 1.49. The van der Waals surface area contributed by atoms with Crippen LogP contribution in [0.2, 0.25) is 0 Å². The molecule has 0 aliphatic carbocycles. The Hall–Kier alpha value is -1.82. The van der Waals surface area contributed by atoms with Crippen molar-refractivity contribution >= 4 is 23.5 Å². The number of allylic oxidation sites excluding steroid dienone is 4. The van der Waals surface area contributed by atoms with E-state index in [9.17, 15) is 4.79 Å². The molecular weight excluding hydrogens is 276 g/mol. The summed E-state index contributed by atoms with van der Waals surface area (Å²) in [5, 5.41) is 3.16. The average molecular weight is 296 g/mol. The predicted molar refractivity (Wildman–Crippen MR) is 82.3 cm³/mol. The minimum absolute atomic E-state index is 0.261. The van der Waals surface area contributed by atoms with Gasteiger partial charge in [0.1, 0.15) is 6.10 Å². The molecule has 1 amide bonds. The number of ether oxygens (including phenoxy) is 2. The van der Waals surface area contributed by atoms with Crippen molar-refractivity contribution in [1.82, 2.24) is 10.2 Å². The zero-order valence-corrected chi connectivity index (χ0v) is 12.8. The van der Waals surface area contributed by atoms with Crippen LogP contribution in [0.5, 0.6) is 0 Å². The lowest BCUT2D eigenvalue weighted by Crippen LogP contribution is -2.34. The average Bonchev–Trinajstić information content (AvgIpc) is 2.82. The number of nitrogens with zero attached hydrogens (tertiary/aromatic N) is 1. The Morgan fingerprint density at radius 3 is 2.95 bits per heavy atom. The van der Waals surface area contributed by atoms with Crippen LogP contribution >= 0.6 is 12.2 Å². The van der Waals surface area contributed by atoms with Crippen LogP contribution in [0.1, 0.15) is 13.8 Å². The van der Waals surface area contributed by atoms with Crippen LogP contribution in [0.15, 0.2) is 36.1 Å². The monoisotopic (exact) mass is 296 g/mol. The first-order valence-corrected chi connectivity index (χ1v) is 6.69. The SMILES string of the molecule is C=CC(C)=CC(=CC)N1CC(CNC(=S)OC)OC1=O. The van der Waals surface area contributed by atoms with Gasteiger partial charge in [-0.15, -0.1) is 0 Å². The summed E-state index contributed by atoms with van der Waals surface area (Å²) in [4.78, 5) is 13.5. The van der Waals surface area contributed by atoms with Crippen molar-refractivity contribution in [1.29, 1.82) is 0 Å². The molecule has 20 heavy (non-hydrogen) atoms. The lowest BCUT2D eigenvalue weighted by atomic mass is 10.2. The van der Waals surface area contributed by atoms with E-state index in [1.165, 1.54) is 7.11 Å². The fourth-order valence-electron chi connectivity index (χ4n) is 1.72. The number of carbonyl (C=O) groups is 1. The van der Waals surface area contributed by atoms with E-state index in [1.54, 1.807) is 11.0 Å². The third-order valence-electron chi connectivity index (χ3n) is 2.84. The molecule has 1 saturated heterocycles. The van der Waals surface area contributed by atoms with E-state index < -0.39 is 0 Å². The molecule has 6 heteroatoms. The molecule has 1 N–H and O–H groups in total. The second-order valence-electron chi connectivity index (χ2n) is 4.29. The predicted octanol–water partition coefficient (Wildman–Crippen LogP) is 2.36. The molecule has 1 aliphatic heterocycles. The van der Waals surface area contributed by atoms with Gasteiger partial charge in [0.25, 0.3) is 5.17 Å². The highest BCUT2D eigenvalue weighted by Crippen LogP contribution is 2.19. The lowest BCUT2D eigenvalue weighted by Gasteiger charge is -2.14. The molecule has 1 aliphatic rings. The number of thiocarbonyl (C=S) groups is 1. The lowest BCUT2D eigenvalue weighted by molar-refractivity contribution is 0.135. The Morgan fingerprint density at radius 1 is 1.70 bits per heavy atom. The number of amides is 1. The molecule has 1 unspecified atom stereocenters. The van der Waals surface area contributed by atoms with Gasteiger partial charge < -0.3 is 14.8 Å². The van der Waals surface area contributed by atoms with Gasteiger partial charge in [-0.2, -0.15) is 0 Å². The number of hydrogen-bond acceptors (Lipinski definition) is 4. The van der Waals surface area contributed by atoms with Crippen LogP contribution in [-0.4, -0.2) is 42.5 Å². The number of carbonyl (C=O) groups excluding carboxylic acids is 1. The van der Waals surface area contributed by atoms with E-state index in [1.807, 2.05) is 26.0 Å². The molecular formula is C14H20N2O3S. The van der Waals surface area contributed by atoms with E-state index in [0.29, 0.717) is 13.1 Å². The summed E-state index contributed by atoms with van der Waals surface area (Å²) >= 11 is 4.88. The van der Waals surface area contributed by atoms with Crippen molar-refractivity contribution in [2.75, 3.05) is 20.2 Å². The molecule has 1 fully saturated rings. The second kappa shape index (κ2) is 7.69. The highest BCUT2D eigenvalue weighted by molar-refractivity contribution is 7.80. The Labute approximate surface area is 124 Å². The van der Waals surface area contributed by atoms with Gasteiger partial charge in [-0.05, 0) is 37.7 Å². The van der Waals surface area contributed by atoms with E-state index >= 15 is 0 Å². The molecule has 0 aromatic rings. The quantitative estimate of drug-likeness (QED) is 0.623. The minimum Gasteiger partial charge on any atom is -0.474 e. The van der Waals surface area contributed by atoms with Crippen molar-refractivity contribution < 1.29 is 14.3 Å². The summed E-state index contributed by atoms with van der Waals surface area (Å²) in [5.74, 6) is 0. The molecule has 0 aromatic carbocycles. The first kappa shape index (κ1) is 16.2. The first-order valence-electron chi connectivity index (χ1n) is 6.28. The van der Waals surface area contributed by atoms with Crippen molar-refractivity contribution in [2.45, 2.75) is 20.0 Å². The standard InChI is InChI=1S/C14H20N2O3S/c1-5-10(3)7-11(6-2)16-9-12(19-14(16)17)8-15-13(20)18-4/h5-7,12H,1,8-9H2,2-4H3,(H,15,20). The van der Waals surface area contributed by atoms with E-state index in [2.05, 4.69) is 11.9 Å². The molecule has 0 spiro atoms. The summed E-state index contributed by atoms with van der Waals surface area (Å²) < 4.78 is 10.1. The maximum atomic E-state index is 11.9. The fourth-order valence-corrected chi connectivity index (χ4v) is 1.80. The summed E-state index contributed by atoms with van der Waals surface area (Å²) in [6.45, 7) is 8.40. The van der Waals surface area contributed by atoms with Crippen LogP contribution in [0, 0.1) is 0 Å². The largest absolute Gasteiger partial charge is 0.474 e. The zero-order chi connectivity index (χ0) is 15.1. The van der Waals surface area contributed by atoms with Crippen molar-refractivity contribution in [3.63, 3.8) is 0 Å². The fraction of sp³-hybridized carbons (Fsp3) is 0.429. The number of cyclic esters (lactones) is 1. The van der Waals surface area contributed by atoms with Gasteiger partial charge in [0.2, 0.25) is 0 Å². The number of nitrogens with one attached hydrogen (secondary N) is 1. The third-order valence-corrected chi connectivity index (χ3v) is 3.15. The molecule has 1 heterocycles. The highest BCUT2D eigenvalue weighted by Gasteiger charge is 2.32. The Balaban J connectivity index is 2.67. The van der Waals surface area contributed by atoms with Crippen molar-refractivity contribution in [3.8, 4) is 0 Å². The molecule has 0 radical (unpaired) electrons. The van der Waals surface area contributed by atoms with Crippen LogP contribution in [0.3, 0.4) is 0 Å². The number of methoxy groups -OCH3 is 1. The van der Waals surface area contributed by atoms with Crippen LogP contribution in [0.4, 0.5) is 4.79 Å². The van der Waals surface area contributed by atoms with E-state index in [0.717, 1.165) is 11.3 Å². The minimum atomic E-state index is -0.360. The molecule has 0 aromatic heterocycles. The van der Waals surface area contributed by atoms with Gasteiger partial charge in [0.05, 0.1) is 20.2 Å². The van der Waals surface area contributed by atoms with Crippen LogP contribution in [-0.2, 0) is 9.47 Å². The van der Waals surface area contributed by atoms with Crippen LogP contribution in [0.25, 0.3) is 0 Å². The van der Waals surface area contributed by atoms with Crippen molar-refractivity contribution in [2.24, 2.45) is 0 Å². The van der Waals surface area contributed by atoms with Gasteiger partial charge in [0, 0.05) is 5.70 Å². The second-order valence-corrected chi connectivity index (χ2v) is 4.67. The normalized spacial score (nSPS) is 19.6. The number of hydrogen-bond donors (Lipinski definition) is 1. The van der Waals surface area contributed by atoms with E-state index in [-0.39, 0.29) is 17.4 Å². The van der Waals surface area contributed by atoms with Gasteiger partial charge >= 0.3 is 6.09 Å². The van der Waals surface area contributed by atoms with Crippen LogP contribution < -0.4 is 5.32 Å². The topological polar surface area (TPSA) is 50.8 Å². The van der Waals surface area contributed by atoms with Crippen molar-refractivity contribution in [3.05, 3.63) is 36.1 Å². The molecule has 110 valence electrons. The molecule has 0 bridgehead atoms. The Morgan fingerprint density at radius 2 is 2.40 bits per heavy atom.